The highest BCUT2D eigenvalue weighted by molar-refractivity contribution is 5.23. The standard InChI is InChI=1S/C14H25/c1-10(2)8-12-9-11-6-7-14(12,5)13(11,3)4/h10-11H,6-9H2,1-5H3. The maximum atomic E-state index is 2.53. The lowest BCUT2D eigenvalue weighted by Crippen LogP contribution is -2.31. The molecule has 0 aromatic rings. The fourth-order valence-electron chi connectivity index (χ4n) is 3.91. The van der Waals surface area contributed by atoms with E-state index in [4.69, 9.17) is 0 Å². The summed E-state index contributed by atoms with van der Waals surface area (Å²) in [5, 5.41) is 0. The van der Waals surface area contributed by atoms with E-state index in [1.165, 1.54) is 25.7 Å². The number of hydrogen-bond donors (Lipinski definition) is 0. The summed E-state index contributed by atoms with van der Waals surface area (Å²) in [6, 6.07) is 0. The summed E-state index contributed by atoms with van der Waals surface area (Å²) in [6.07, 6.45) is 5.73. The van der Waals surface area contributed by atoms with Gasteiger partial charge in [-0.1, -0.05) is 34.6 Å². The zero-order valence-electron chi connectivity index (χ0n) is 10.5. The summed E-state index contributed by atoms with van der Waals surface area (Å²) in [6.45, 7) is 12.2. The second-order valence-electron chi connectivity index (χ2n) is 6.70. The van der Waals surface area contributed by atoms with Gasteiger partial charge in [-0.2, -0.15) is 0 Å². The minimum atomic E-state index is 0.571. The number of rotatable bonds is 2. The molecule has 2 saturated carbocycles. The molecule has 2 atom stereocenters. The van der Waals surface area contributed by atoms with E-state index < -0.39 is 0 Å². The average Bonchev–Trinajstić information content (AvgIpc) is 2.35. The third-order valence-electron chi connectivity index (χ3n) is 5.36. The van der Waals surface area contributed by atoms with Gasteiger partial charge in [0, 0.05) is 0 Å². The lowest BCUT2D eigenvalue weighted by molar-refractivity contribution is 0.159. The molecule has 2 rings (SSSR count). The zero-order chi connectivity index (χ0) is 10.6. The minimum Gasteiger partial charge on any atom is -0.0628 e. The molecule has 0 nitrogen and oxygen atoms in total. The Kier molecular flexibility index (Phi) is 2.25. The SMILES string of the molecule is CC(C)C[C]1CC2CCC1(C)C2(C)C. The third kappa shape index (κ3) is 1.19. The van der Waals surface area contributed by atoms with Gasteiger partial charge < -0.3 is 0 Å². The first-order chi connectivity index (χ1) is 6.38. The van der Waals surface area contributed by atoms with E-state index in [2.05, 4.69) is 34.6 Å². The van der Waals surface area contributed by atoms with Crippen LogP contribution in [0.25, 0.3) is 0 Å². The van der Waals surface area contributed by atoms with Crippen molar-refractivity contribution in [2.24, 2.45) is 22.7 Å². The maximum Gasteiger partial charge on any atom is -0.0171 e. The third-order valence-corrected chi connectivity index (χ3v) is 5.36. The molecular formula is C14H25. The summed E-state index contributed by atoms with van der Waals surface area (Å²) in [4.78, 5) is 0. The number of hydrogen-bond acceptors (Lipinski definition) is 0. The number of fused-ring (bicyclic) bond motifs is 2. The molecule has 0 saturated heterocycles. The van der Waals surface area contributed by atoms with Crippen molar-refractivity contribution in [2.45, 2.75) is 60.3 Å². The summed E-state index contributed by atoms with van der Waals surface area (Å²) >= 11 is 0. The van der Waals surface area contributed by atoms with E-state index in [0.717, 1.165) is 11.8 Å². The van der Waals surface area contributed by atoms with Crippen LogP contribution in [0.1, 0.15) is 60.3 Å². The lowest BCUT2D eigenvalue weighted by Gasteiger charge is -2.39. The van der Waals surface area contributed by atoms with Gasteiger partial charge in [0.1, 0.15) is 0 Å². The molecule has 0 aliphatic heterocycles. The first kappa shape index (κ1) is 10.5. The van der Waals surface area contributed by atoms with Crippen LogP contribution in [0.3, 0.4) is 0 Å². The van der Waals surface area contributed by atoms with Crippen molar-refractivity contribution in [3.8, 4) is 0 Å². The Labute approximate surface area is 89.5 Å². The lowest BCUT2D eigenvalue weighted by atomic mass is 9.65. The highest BCUT2D eigenvalue weighted by Crippen LogP contribution is 2.70. The van der Waals surface area contributed by atoms with Crippen LogP contribution in [0.4, 0.5) is 0 Å². The van der Waals surface area contributed by atoms with E-state index in [1.54, 1.807) is 0 Å². The molecule has 0 spiro atoms. The van der Waals surface area contributed by atoms with Crippen LogP contribution in [0, 0.1) is 28.6 Å². The molecule has 2 unspecified atom stereocenters. The van der Waals surface area contributed by atoms with Crippen LogP contribution < -0.4 is 0 Å². The molecule has 2 aliphatic rings. The van der Waals surface area contributed by atoms with Crippen molar-refractivity contribution in [3.05, 3.63) is 5.92 Å². The van der Waals surface area contributed by atoms with Crippen LogP contribution in [0.15, 0.2) is 0 Å². The van der Waals surface area contributed by atoms with Crippen molar-refractivity contribution in [1.82, 2.24) is 0 Å². The summed E-state index contributed by atoms with van der Waals surface area (Å²) in [7, 11) is 0. The molecule has 0 aromatic heterocycles. The summed E-state index contributed by atoms with van der Waals surface area (Å²) in [5.41, 5.74) is 1.15. The molecule has 0 aromatic carbocycles. The van der Waals surface area contributed by atoms with Crippen molar-refractivity contribution < 1.29 is 0 Å². The van der Waals surface area contributed by atoms with Gasteiger partial charge in [0.15, 0.2) is 0 Å². The second-order valence-corrected chi connectivity index (χ2v) is 6.70. The van der Waals surface area contributed by atoms with Crippen LogP contribution in [-0.4, -0.2) is 0 Å². The van der Waals surface area contributed by atoms with Gasteiger partial charge in [-0.15, -0.1) is 0 Å². The van der Waals surface area contributed by atoms with E-state index in [-0.39, 0.29) is 0 Å². The molecule has 2 aliphatic carbocycles. The van der Waals surface area contributed by atoms with Gasteiger partial charge in [0.05, 0.1) is 0 Å². The summed E-state index contributed by atoms with van der Waals surface area (Å²) in [5.74, 6) is 3.71. The van der Waals surface area contributed by atoms with Crippen molar-refractivity contribution >= 4 is 0 Å². The molecule has 0 amide bonds. The van der Waals surface area contributed by atoms with Gasteiger partial charge in [-0.05, 0) is 54.3 Å². The molecule has 1 radical (unpaired) electrons. The predicted molar refractivity (Wildman–Crippen MR) is 61.9 cm³/mol. The fourth-order valence-corrected chi connectivity index (χ4v) is 3.91. The van der Waals surface area contributed by atoms with Gasteiger partial charge >= 0.3 is 0 Å². The van der Waals surface area contributed by atoms with E-state index >= 15 is 0 Å². The molecule has 0 heteroatoms. The second kappa shape index (κ2) is 3.00. The first-order valence-corrected chi connectivity index (χ1v) is 6.23. The van der Waals surface area contributed by atoms with Crippen LogP contribution in [0.5, 0.6) is 0 Å². The predicted octanol–water partition coefficient (Wildman–Crippen LogP) is 4.45. The Morgan fingerprint density at radius 1 is 1.29 bits per heavy atom. The first-order valence-electron chi connectivity index (χ1n) is 6.23. The van der Waals surface area contributed by atoms with Gasteiger partial charge in [0.25, 0.3) is 0 Å². The Morgan fingerprint density at radius 3 is 2.29 bits per heavy atom. The molecule has 2 bridgehead atoms. The minimum absolute atomic E-state index is 0.571. The highest BCUT2D eigenvalue weighted by atomic mass is 14.6. The molecule has 0 N–H and O–H groups in total. The van der Waals surface area contributed by atoms with Crippen LogP contribution in [-0.2, 0) is 0 Å². The Balaban J connectivity index is 2.19. The molecular weight excluding hydrogens is 168 g/mol. The smallest absolute Gasteiger partial charge is 0.0171 e. The zero-order valence-corrected chi connectivity index (χ0v) is 10.5. The van der Waals surface area contributed by atoms with E-state index in [0.29, 0.717) is 10.8 Å². The molecule has 14 heavy (non-hydrogen) atoms. The van der Waals surface area contributed by atoms with Gasteiger partial charge in [-0.25, -0.2) is 0 Å². The quantitative estimate of drug-likeness (QED) is 0.607. The van der Waals surface area contributed by atoms with Gasteiger partial charge in [0.2, 0.25) is 0 Å². The monoisotopic (exact) mass is 193 g/mol. The Morgan fingerprint density at radius 2 is 1.93 bits per heavy atom. The van der Waals surface area contributed by atoms with E-state index in [9.17, 15) is 0 Å². The fraction of sp³-hybridized carbons (Fsp3) is 0.929. The molecule has 0 heterocycles. The Hall–Kier alpha value is 0. The van der Waals surface area contributed by atoms with Gasteiger partial charge in [-0.3, -0.25) is 0 Å². The molecule has 2 fully saturated rings. The van der Waals surface area contributed by atoms with Crippen LogP contribution >= 0.6 is 0 Å². The maximum absolute atomic E-state index is 2.53. The normalized spacial score (nSPS) is 41.1. The van der Waals surface area contributed by atoms with Crippen molar-refractivity contribution in [2.75, 3.05) is 0 Å². The topological polar surface area (TPSA) is 0 Å². The summed E-state index contributed by atoms with van der Waals surface area (Å²) < 4.78 is 0. The van der Waals surface area contributed by atoms with E-state index in [1.807, 2.05) is 5.92 Å². The van der Waals surface area contributed by atoms with Crippen molar-refractivity contribution in [3.63, 3.8) is 0 Å². The average molecular weight is 193 g/mol. The highest BCUT2D eigenvalue weighted by Gasteiger charge is 2.60. The Bertz CT molecular complexity index is 226. The van der Waals surface area contributed by atoms with Crippen molar-refractivity contribution in [1.29, 1.82) is 0 Å². The largest absolute Gasteiger partial charge is 0.0628 e. The molecule has 81 valence electrons. The van der Waals surface area contributed by atoms with Crippen LogP contribution in [0.2, 0.25) is 0 Å².